The Balaban J connectivity index is 0. The summed E-state index contributed by atoms with van der Waals surface area (Å²) in [5.41, 5.74) is 0. The summed E-state index contributed by atoms with van der Waals surface area (Å²) in [6, 6.07) is 0. The number of rotatable bonds is 4. The van der Waals surface area contributed by atoms with Crippen LogP contribution in [0.15, 0.2) is 0 Å². The fourth-order valence-corrected chi connectivity index (χ4v) is 0.625. The Kier molecular flexibility index (Phi) is 12.2. The predicted molar refractivity (Wildman–Crippen MR) is 54.1 cm³/mol. The molecule has 0 aromatic heterocycles. The molecular weight excluding hydrogens is 150 g/mol. The van der Waals surface area contributed by atoms with Crippen LogP contribution < -0.4 is 5.32 Å². The van der Waals surface area contributed by atoms with Crippen LogP contribution in [0.1, 0.15) is 47.5 Å². The van der Waals surface area contributed by atoms with E-state index in [2.05, 4.69) is 19.2 Å². The Morgan fingerprint density at radius 1 is 1.33 bits per heavy atom. The molecule has 0 aliphatic heterocycles. The van der Waals surface area contributed by atoms with E-state index in [-0.39, 0.29) is 5.91 Å². The zero-order valence-electron chi connectivity index (χ0n) is 9.11. The van der Waals surface area contributed by atoms with Gasteiger partial charge in [0.25, 0.3) is 0 Å². The molecule has 0 aromatic carbocycles. The van der Waals surface area contributed by atoms with Crippen molar-refractivity contribution < 1.29 is 4.79 Å². The van der Waals surface area contributed by atoms with E-state index in [1.54, 1.807) is 0 Å². The Labute approximate surface area is 76.7 Å². The number of carbonyl (C=O) groups is 1. The minimum Gasteiger partial charge on any atom is -0.356 e. The molecular formula is C10H23NO. The first-order valence-electron chi connectivity index (χ1n) is 4.93. The van der Waals surface area contributed by atoms with Gasteiger partial charge in [-0.2, -0.15) is 0 Å². The summed E-state index contributed by atoms with van der Waals surface area (Å²) in [5.74, 6) is 0.831. The lowest BCUT2D eigenvalue weighted by atomic mass is 10.1. The highest BCUT2D eigenvalue weighted by atomic mass is 16.1. The van der Waals surface area contributed by atoms with E-state index >= 15 is 0 Å². The van der Waals surface area contributed by atoms with Gasteiger partial charge in [-0.3, -0.25) is 4.79 Å². The van der Waals surface area contributed by atoms with E-state index in [4.69, 9.17) is 0 Å². The van der Waals surface area contributed by atoms with Gasteiger partial charge < -0.3 is 5.32 Å². The van der Waals surface area contributed by atoms with E-state index in [1.807, 2.05) is 20.8 Å². The maximum Gasteiger partial charge on any atom is 0.219 e. The van der Waals surface area contributed by atoms with Crippen molar-refractivity contribution in [3.05, 3.63) is 0 Å². The number of hydrogen-bond acceptors (Lipinski definition) is 1. The van der Waals surface area contributed by atoms with Crippen LogP contribution >= 0.6 is 0 Å². The summed E-state index contributed by atoms with van der Waals surface area (Å²) >= 11 is 0. The average Bonchev–Trinajstić information content (AvgIpc) is 2.07. The summed E-state index contributed by atoms with van der Waals surface area (Å²) in [5, 5.41) is 2.82. The van der Waals surface area contributed by atoms with Crippen molar-refractivity contribution in [2.24, 2.45) is 5.92 Å². The lowest BCUT2D eigenvalue weighted by Gasteiger charge is -2.04. The third-order valence-electron chi connectivity index (χ3n) is 1.36. The predicted octanol–water partition coefficient (Wildman–Crippen LogP) is 2.58. The Hall–Kier alpha value is -0.530. The Morgan fingerprint density at radius 2 is 1.83 bits per heavy atom. The van der Waals surface area contributed by atoms with Gasteiger partial charge in [0.05, 0.1) is 0 Å². The molecule has 0 aliphatic carbocycles. The van der Waals surface area contributed by atoms with Gasteiger partial charge >= 0.3 is 0 Å². The molecule has 1 amide bonds. The second-order valence-electron chi connectivity index (χ2n) is 2.89. The van der Waals surface area contributed by atoms with Crippen LogP contribution in [-0.4, -0.2) is 12.5 Å². The first-order valence-corrected chi connectivity index (χ1v) is 4.93. The zero-order chi connectivity index (χ0) is 9.98. The van der Waals surface area contributed by atoms with Gasteiger partial charge in [-0.25, -0.2) is 0 Å². The molecule has 0 unspecified atom stereocenters. The standard InChI is InChI=1S/C8H17NO.C2H6/c1-4-8(10)9-6-5-7(2)3;1-2/h7H,4-6H2,1-3H3,(H,9,10);1-2H3. The fourth-order valence-electron chi connectivity index (χ4n) is 0.625. The smallest absolute Gasteiger partial charge is 0.219 e. The van der Waals surface area contributed by atoms with Crippen molar-refractivity contribution in [2.75, 3.05) is 6.54 Å². The zero-order valence-corrected chi connectivity index (χ0v) is 9.11. The summed E-state index contributed by atoms with van der Waals surface area (Å²) in [4.78, 5) is 10.7. The van der Waals surface area contributed by atoms with Gasteiger partial charge in [0, 0.05) is 13.0 Å². The highest BCUT2D eigenvalue weighted by molar-refractivity contribution is 5.75. The van der Waals surface area contributed by atoms with Crippen LogP contribution in [0.2, 0.25) is 0 Å². The van der Waals surface area contributed by atoms with Crippen molar-refractivity contribution >= 4 is 5.91 Å². The lowest BCUT2D eigenvalue weighted by molar-refractivity contribution is -0.120. The Bertz CT molecular complexity index is 100. The SMILES string of the molecule is CC.CCC(=O)NCCC(C)C. The topological polar surface area (TPSA) is 29.1 Å². The average molecular weight is 173 g/mol. The largest absolute Gasteiger partial charge is 0.356 e. The van der Waals surface area contributed by atoms with Crippen LogP contribution in [0, 0.1) is 5.92 Å². The molecule has 0 saturated carbocycles. The summed E-state index contributed by atoms with van der Waals surface area (Å²) in [7, 11) is 0. The van der Waals surface area contributed by atoms with Gasteiger partial charge in [-0.05, 0) is 12.3 Å². The van der Waals surface area contributed by atoms with Crippen molar-refractivity contribution in [1.29, 1.82) is 0 Å². The molecule has 0 atom stereocenters. The van der Waals surface area contributed by atoms with Crippen molar-refractivity contribution in [3.63, 3.8) is 0 Å². The maximum absolute atomic E-state index is 10.7. The summed E-state index contributed by atoms with van der Waals surface area (Å²) < 4.78 is 0. The molecule has 0 heterocycles. The summed E-state index contributed by atoms with van der Waals surface area (Å²) in [6.07, 6.45) is 1.67. The van der Waals surface area contributed by atoms with E-state index in [9.17, 15) is 4.79 Å². The first-order chi connectivity index (χ1) is 5.66. The third kappa shape index (κ3) is 12.2. The molecule has 0 bridgehead atoms. The van der Waals surface area contributed by atoms with Gasteiger partial charge in [-0.15, -0.1) is 0 Å². The molecule has 74 valence electrons. The minimum absolute atomic E-state index is 0.153. The van der Waals surface area contributed by atoms with Gasteiger partial charge in [-0.1, -0.05) is 34.6 Å². The third-order valence-corrected chi connectivity index (χ3v) is 1.36. The van der Waals surface area contributed by atoms with Gasteiger partial charge in [0.15, 0.2) is 0 Å². The van der Waals surface area contributed by atoms with Gasteiger partial charge in [0.1, 0.15) is 0 Å². The molecule has 2 heteroatoms. The molecule has 0 saturated heterocycles. The molecule has 1 N–H and O–H groups in total. The van der Waals surface area contributed by atoms with Crippen molar-refractivity contribution in [3.8, 4) is 0 Å². The molecule has 0 radical (unpaired) electrons. The molecule has 0 rings (SSSR count). The Morgan fingerprint density at radius 3 is 2.17 bits per heavy atom. The molecule has 0 spiro atoms. The van der Waals surface area contributed by atoms with E-state index < -0.39 is 0 Å². The monoisotopic (exact) mass is 173 g/mol. The first kappa shape index (κ1) is 14.0. The van der Waals surface area contributed by atoms with Crippen LogP contribution in [0.3, 0.4) is 0 Å². The van der Waals surface area contributed by atoms with Gasteiger partial charge in [0.2, 0.25) is 5.91 Å². The molecule has 0 aromatic rings. The quantitative estimate of drug-likeness (QED) is 0.695. The van der Waals surface area contributed by atoms with Crippen LogP contribution in [0.4, 0.5) is 0 Å². The minimum atomic E-state index is 0.153. The second kappa shape index (κ2) is 10.5. The molecule has 2 nitrogen and oxygen atoms in total. The second-order valence-corrected chi connectivity index (χ2v) is 2.89. The fraction of sp³-hybridized carbons (Fsp3) is 0.900. The normalized spacial score (nSPS) is 8.83. The van der Waals surface area contributed by atoms with Crippen LogP contribution in [-0.2, 0) is 4.79 Å². The number of amides is 1. The molecule has 0 fully saturated rings. The van der Waals surface area contributed by atoms with E-state index in [1.165, 1.54) is 0 Å². The maximum atomic E-state index is 10.7. The number of nitrogens with one attached hydrogen (secondary N) is 1. The lowest BCUT2D eigenvalue weighted by Crippen LogP contribution is -2.24. The summed E-state index contributed by atoms with van der Waals surface area (Å²) in [6.45, 7) is 11.0. The number of hydrogen-bond donors (Lipinski definition) is 1. The molecule has 0 aliphatic rings. The van der Waals surface area contributed by atoms with E-state index in [0.717, 1.165) is 13.0 Å². The highest BCUT2D eigenvalue weighted by Gasteiger charge is 1.96. The van der Waals surface area contributed by atoms with Crippen molar-refractivity contribution in [2.45, 2.75) is 47.5 Å². The van der Waals surface area contributed by atoms with E-state index in [0.29, 0.717) is 12.3 Å². The number of carbonyl (C=O) groups excluding carboxylic acids is 1. The molecule has 12 heavy (non-hydrogen) atoms. The highest BCUT2D eigenvalue weighted by Crippen LogP contribution is 1.96. The van der Waals surface area contributed by atoms with Crippen molar-refractivity contribution in [1.82, 2.24) is 5.32 Å². The van der Waals surface area contributed by atoms with Crippen LogP contribution in [0.5, 0.6) is 0 Å². The van der Waals surface area contributed by atoms with Crippen LogP contribution in [0.25, 0.3) is 0 Å².